The highest BCUT2D eigenvalue weighted by atomic mass is 79.9. The van der Waals surface area contributed by atoms with Gasteiger partial charge in [0.15, 0.2) is 0 Å². The van der Waals surface area contributed by atoms with Gasteiger partial charge in [0.05, 0.1) is 11.0 Å². The van der Waals surface area contributed by atoms with Crippen molar-refractivity contribution in [3.8, 4) is 0 Å². The standard InChI is InChI=1S/C13H16BrNO/c1-9(2)7-15-8-11-6-10-4-3-5-12(14)13(10)16-11/h3-6,9,15H,7-8H2,1-2H3. The van der Waals surface area contributed by atoms with Crippen LogP contribution in [0.4, 0.5) is 0 Å². The molecule has 1 aromatic carbocycles. The first-order valence-electron chi connectivity index (χ1n) is 5.54. The fourth-order valence-corrected chi connectivity index (χ4v) is 2.11. The second-order valence-electron chi connectivity index (χ2n) is 4.40. The molecule has 0 bridgehead atoms. The van der Waals surface area contributed by atoms with Crippen molar-refractivity contribution in [2.45, 2.75) is 20.4 Å². The molecule has 2 aromatic rings. The normalized spacial score (nSPS) is 11.5. The van der Waals surface area contributed by atoms with Crippen LogP contribution < -0.4 is 5.32 Å². The molecule has 0 aliphatic rings. The smallest absolute Gasteiger partial charge is 0.148 e. The van der Waals surface area contributed by atoms with Gasteiger partial charge >= 0.3 is 0 Å². The van der Waals surface area contributed by atoms with Crippen molar-refractivity contribution >= 4 is 26.9 Å². The zero-order chi connectivity index (χ0) is 11.5. The molecule has 2 nitrogen and oxygen atoms in total. The molecule has 0 radical (unpaired) electrons. The lowest BCUT2D eigenvalue weighted by Crippen LogP contribution is -2.18. The van der Waals surface area contributed by atoms with Crippen molar-refractivity contribution in [1.29, 1.82) is 0 Å². The van der Waals surface area contributed by atoms with Gasteiger partial charge in [0.25, 0.3) is 0 Å². The molecule has 1 heterocycles. The second-order valence-corrected chi connectivity index (χ2v) is 5.25. The van der Waals surface area contributed by atoms with Crippen LogP contribution in [0.2, 0.25) is 0 Å². The van der Waals surface area contributed by atoms with Crippen LogP contribution in [0, 0.1) is 5.92 Å². The van der Waals surface area contributed by atoms with Crippen LogP contribution in [-0.4, -0.2) is 6.54 Å². The Hall–Kier alpha value is -0.800. The van der Waals surface area contributed by atoms with Gasteiger partial charge in [-0.05, 0) is 40.5 Å². The maximum Gasteiger partial charge on any atom is 0.148 e. The fraction of sp³-hybridized carbons (Fsp3) is 0.385. The highest BCUT2D eigenvalue weighted by Gasteiger charge is 2.06. The van der Waals surface area contributed by atoms with Crippen LogP contribution in [0.1, 0.15) is 19.6 Å². The SMILES string of the molecule is CC(C)CNCc1cc2cccc(Br)c2o1. The number of rotatable bonds is 4. The Kier molecular flexibility index (Phi) is 3.66. The molecule has 3 heteroatoms. The van der Waals surface area contributed by atoms with Gasteiger partial charge in [-0.25, -0.2) is 0 Å². The Balaban J connectivity index is 2.11. The molecule has 0 aliphatic carbocycles. The summed E-state index contributed by atoms with van der Waals surface area (Å²) in [6.07, 6.45) is 0. The Labute approximate surface area is 104 Å². The third-order valence-corrected chi connectivity index (χ3v) is 3.02. The predicted molar refractivity (Wildman–Crippen MR) is 70.5 cm³/mol. The van der Waals surface area contributed by atoms with E-state index in [0.717, 1.165) is 34.3 Å². The third-order valence-electron chi connectivity index (χ3n) is 2.40. The van der Waals surface area contributed by atoms with Gasteiger partial charge in [-0.1, -0.05) is 26.0 Å². The number of halogens is 1. The lowest BCUT2D eigenvalue weighted by Gasteiger charge is -2.04. The van der Waals surface area contributed by atoms with E-state index in [2.05, 4.69) is 47.2 Å². The first-order chi connectivity index (χ1) is 7.66. The third kappa shape index (κ3) is 2.66. The summed E-state index contributed by atoms with van der Waals surface area (Å²) in [6.45, 7) is 6.20. The summed E-state index contributed by atoms with van der Waals surface area (Å²) in [4.78, 5) is 0. The van der Waals surface area contributed by atoms with E-state index in [1.807, 2.05) is 12.1 Å². The summed E-state index contributed by atoms with van der Waals surface area (Å²) in [6, 6.07) is 8.17. The van der Waals surface area contributed by atoms with E-state index in [1.165, 1.54) is 0 Å². The molecule has 1 aromatic heterocycles. The lowest BCUT2D eigenvalue weighted by atomic mass is 10.2. The predicted octanol–water partition coefficient (Wildman–Crippen LogP) is 3.94. The van der Waals surface area contributed by atoms with Crippen LogP contribution >= 0.6 is 15.9 Å². The van der Waals surface area contributed by atoms with Gasteiger partial charge in [-0.15, -0.1) is 0 Å². The fourth-order valence-electron chi connectivity index (χ4n) is 1.65. The minimum Gasteiger partial charge on any atom is -0.459 e. The molecule has 0 spiro atoms. The van der Waals surface area contributed by atoms with E-state index in [1.54, 1.807) is 0 Å². The van der Waals surface area contributed by atoms with Gasteiger partial charge in [0.2, 0.25) is 0 Å². The number of nitrogens with one attached hydrogen (secondary N) is 1. The molecule has 0 saturated heterocycles. The molecule has 16 heavy (non-hydrogen) atoms. The van der Waals surface area contributed by atoms with E-state index in [4.69, 9.17) is 4.42 Å². The molecular weight excluding hydrogens is 266 g/mol. The maximum absolute atomic E-state index is 5.77. The second kappa shape index (κ2) is 5.02. The number of para-hydroxylation sites is 1. The minimum absolute atomic E-state index is 0.663. The van der Waals surface area contributed by atoms with E-state index in [9.17, 15) is 0 Å². The largest absolute Gasteiger partial charge is 0.459 e. The van der Waals surface area contributed by atoms with Crippen molar-refractivity contribution in [3.63, 3.8) is 0 Å². The maximum atomic E-state index is 5.77. The molecular formula is C13H16BrNO. The molecule has 2 rings (SSSR count). The van der Waals surface area contributed by atoms with E-state index in [-0.39, 0.29) is 0 Å². The number of furan rings is 1. The van der Waals surface area contributed by atoms with Crippen LogP contribution in [0.5, 0.6) is 0 Å². The molecule has 86 valence electrons. The van der Waals surface area contributed by atoms with Crippen LogP contribution in [0.25, 0.3) is 11.0 Å². The molecule has 0 atom stereocenters. The van der Waals surface area contributed by atoms with Gasteiger partial charge in [-0.2, -0.15) is 0 Å². The van der Waals surface area contributed by atoms with E-state index >= 15 is 0 Å². The first-order valence-corrected chi connectivity index (χ1v) is 6.34. The summed E-state index contributed by atoms with van der Waals surface area (Å²) in [5.74, 6) is 1.65. The number of fused-ring (bicyclic) bond motifs is 1. The van der Waals surface area contributed by atoms with Crippen molar-refractivity contribution in [3.05, 3.63) is 34.5 Å². The number of benzene rings is 1. The molecule has 0 aliphatic heterocycles. The van der Waals surface area contributed by atoms with Gasteiger partial charge in [0, 0.05) is 5.39 Å². The Morgan fingerprint density at radius 3 is 2.88 bits per heavy atom. The van der Waals surface area contributed by atoms with E-state index < -0.39 is 0 Å². The first kappa shape index (κ1) is 11.7. The Bertz CT molecular complexity index is 476. The van der Waals surface area contributed by atoms with Crippen LogP contribution in [0.15, 0.2) is 33.2 Å². The average Bonchev–Trinajstić information content (AvgIpc) is 2.61. The monoisotopic (exact) mass is 281 g/mol. The zero-order valence-electron chi connectivity index (χ0n) is 9.59. The van der Waals surface area contributed by atoms with E-state index in [0.29, 0.717) is 5.92 Å². The molecule has 0 saturated carbocycles. The minimum atomic E-state index is 0.663. The van der Waals surface area contributed by atoms with Gasteiger partial charge < -0.3 is 9.73 Å². The van der Waals surface area contributed by atoms with Gasteiger partial charge in [-0.3, -0.25) is 0 Å². The topological polar surface area (TPSA) is 25.2 Å². The summed E-state index contributed by atoms with van der Waals surface area (Å²) < 4.78 is 6.79. The number of hydrogen-bond donors (Lipinski definition) is 1. The Morgan fingerprint density at radius 1 is 1.38 bits per heavy atom. The number of hydrogen-bond acceptors (Lipinski definition) is 2. The summed E-state index contributed by atoms with van der Waals surface area (Å²) in [5, 5.41) is 4.52. The van der Waals surface area contributed by atoms with Crippen LogP contribution in [0.3, 0.4) is 0 Å². The lowest BCUT2D eigenvalue weighted by molar-refractivity contribution is 0.484. The molecule has 1 N–H and O–H groups in total. The highest BCUT2D eigenvalue weighted by Crippen LogP contribution is 2.26. The summed E-state index contributed by atoms with van der Waals surface area (Å²) in [5.41, 5.74) is 0.934. The summed E-state index contributed by atoms with van der Waals surface area (Å²) in [7, 11) is 0. The van der Waals surface area contributed by atoms with Crippen LogP contribution in [-0.2, 0) is 6.54 Å². The quantitative estimate of drug-likeness (QED) is 0.918. The van der Waals surface area contributed by atoms with Gasteiger partial charge in [0.1, 0.15) is 11.3 Å². The average molecular weight is 282 g/mol. The Morgan fingerprint density at radius 2 is 2.19 bits per heavy atom. The summed E-state index contributed by atoms with van der Waals surface area (Å²) >= 11 is 3.49. The molecule has 0 unspecified atom stereocenters. The molecule has 0 fully saturated rings. The molecule has 0 amide bonds. The van der Waals surface area contributed by atoms with Crippen molar-refractivity contribution in [2.24, 2.45) is 5.92 Å². The highest BCUT2D eigenvalue weighted by molar-refractivity contribution is 9.10. The van der Waals surface area contributed by atoms with Crippen molar-refractivity contribution in [2.75, 3.05) is 6.54 Å². The van der Waals surface area contributed by atoms with Crippen molar-refractivity contribution in [1.82, 2.24) is 5.32 Å². The zero-order valence-corrected chi connectivity index (χ0v) is 11.2. The van der Waals surface area contributed by atoms with Crippen molar-refractivity contribution < 1.29 is 4.42 Å².